The van der Waals surface area contributed by atoms with E-state index in [2.05, 4.69) is 25.2 Å². The number of hydrogen-bond acceptors (Lipinski definition) is 2. The SMILES string of the molecule is CN=C(NCCCn1ccnc1)NCC1(c2cccc(F)c2)CC1.I. The molecule has 1 fully saturated rings. The van der Waals surface area contributed by atoms with Gasteiger partial charge in [0.1, 0.15) is 5.82 Å². The standard InChI is InChI=1S/C18H24FN5.HI/c1-20-17(22-8-3-10-24-11-9-21-14-24)23-13-18(6-7-18)15-4-2-5-16(19)12-15;/h2,4-5,9,11-12,14H,3,6-8,10,13H2,1H3,(H2,20,22,23);1H. The molecule has 0 spiro atoms. The first kappa shape index (κ1) is 19.7. The summed E-state index contributed by atoms with van der Waals surface area (Å²) in [6.45, 7) is 2.54. The van der Waals surface area contributed by atoms with Crippen LogP contribution in [0.2, 0.25) is 0 Å². The van der Waals surface area contributed by atoms with Gasteiger partial charge in [-0.2, -0.15) is 0 Å². The monoisotopic (exact) mass is 457 g/mol. The smallest absolute Gasteiger partial charge is 0.191 e. The van der Waals surface area contributed by atoms with Crippen LogP contribution in [0.4, 0.5) is 4.39 Å². The number of halogens is 2. The van der Waals surface area contributed by atoms with Crippen molar-refractivity contribution in [3.8, 4) is 0 Å². The van der Waals surface area contributed by atoms with E-state index in [0.29, 0.717) is 0 Å². The molecule has 0 atom stereocenters. The van der Waals surface area contributed by atoms with Gasteiger partial charge in [-0.05, 0) is 37.0 Å². The Bertz CT molecular complexity index is 683. The minimum atomic E-state index is -0.166. The molecule has 0 aliphatic heterocycles. The van der Waals surface area contributed by atoms with Gasteiger partial charge in [0.2, 0.25) is 0 Å². The summed E-state index contributed by atoms with van der Waals surface area (Å²) in [7, 11) is 1.77. The van der Waals surface area contributed by atoms with Crippen LogP contribution in [0.1, 0.15) is 24.8 Å². The molecule has 1 aromatic carbocycles. The normalized spacial score (nSPS) is 15.4. The van der Waals surface area contributed by atoms with Crippen molar-refractivity contribution in [1.29, 1.82) is 0 Å². The molecule has 1 aliphatic rings. The molecule has 3 rings (SSSR count). The van der Waals surface area contributed by atoms with Crippen LogP contribution in [-0.2, 0) is 12.0 Å². The minimum absolute atomic E-state index is 0. The van der Waals surface area contributed by atoms with E-state index in [9.17, 15) is 4.39 Å². The lowest BCUT2D eigenvalue weighted by molar-refractivity contribution is 0.600. The number of aliphatic imine (C=N–C) groups is 1. The average Bonchev–Trinajstić information content (AvgIpc) is 3.21. The minimum Gasteiger partial charge on any atom is -0.356 e. The van der Waals surface area contributed by atoms with E-state index in [1.807, 2.05) is 18.6 Å². The van der Waals surface area contributed by atoms with Crippen LogP contribution in [0.3, 0.4) is 0 Å². The molecule has 1 aliphatic carbocycles. The highest BCUT2D eigenvalue weighted by Crippen LogP contribution is 2.47. The zero-order chi connectivity index (χ0) is 16.8. The Morgan fingerprint density at radius 2 is 2.20 bits per heavy atom. The van der Waals surface area contributed by atoms with Gasteiger partial charge in [-0.3, -0.25) is 4.99 Å². The summed E-state index contributed by atoms with van der Waals surface area (Å²) < 4.78 is 15.5. The van der Waals surface area contributed by atoms with Crippen molar-refractivity contribution in [3.05, 3.63) is 54.4 Å². The molecule has 0 amide bonds. The highest BCUT2D eigenvalue weighted by atomic mass is 127. The number of guanidine groups is 1. The lowest BCUT2D eigenvalue weighted by Crippen LogP contribution is -2.41. The summed E-state index contributed by atoms with van der Waals surface area (Å²) in [6, 6.07) is 6.94. The first-order chi connectivity index (χ1) is 11.7. The second-order valence-corrected chi connectivity index (χ2v) is 6.30. The highest BCUT2D eigenvalue weighted by Gasteiger charge is 2.44. The van der Waals surface area contributed by atoms with E-state index in [0.717, 1.165) is 50.4 Å². The van der Waals surface area contributed by atoms with Gasteiger partial charge >= 0.3 is 0 Å². The van der Waals surface area contributed by atoms with E-state index < -0.39 is 0 Å². The number of imidazole rings is 1. The van der Waals surface area contributed by atoms with Crippen molar-refractivity contribution in [1.82, 2.24) is 20.2 Å². The third-order valence-corrected chi connectivity index (χ3v) is 4.55. The van der Waals surface area contributed by atoms with Crippen molar-refractivity contribution in [3.63, 3.8) is 0 Å². The number of nitrogens with one attached hydrogen (secondary N) is 2. The second-order valence-electron chi connectivity index (χ2n) is 6.30. The van der Waals surface area contributed by atoms with E-state index in [-0.39, 0.29) is 35.2 Å². The van der Waals surface area contributed by atoms with E-state index in [1.165, 1.54) is 6.07 Å². The fraction of sp³-hybridized carbons (Fsp3) is 0.444. The Kier molecular flexibility index (Phi) is 7.22. The van der Waals surface area contributed by atoms with Gasteiger partial charge in [-0.25, -0.2) is 9.37 Å². The molecule has 0 radical (unpaired) electrons. The highest BCUT2D eigenvalue weighted by molar-refractivity contribution is 14.0. The van der Waals surface area contributed by atoms with Gasteiger partial charge in [0.05, 0.1) is 6.33 Å². The first-order valence-corrected chi connectivity index (χ1v) is 8.38. The Balaban J connectivity index is 0.00000225. The lowest BCUT2D eigenvalue weighted by Gasteiger charge is -2.19. The predicted octanol–water partition coefficient (Wildman–Crippen LogP) is 2.93. The van der Waals surface area contributed by atoms with Crippen LogP contribution < -0.4 is 10.6 Å². The molecule has 5 nitrogen and oxygen atoms in total. The molecule has 0 bridgehead atoms. The van der Waals surface area contributed by atoms with Crippen LogP contribution in [0, 0.1) is 5.82 Å². The fourth-order valence-corrected chi connectivity index (χ4v) is 2.90. The zero-order valence-corrected chi connectivity index (χ0v) is 16.7. The third-order valence-electron chi connectivity index (χ3n) is 4.55. The Morgan fingerprint density at radius 3 is 2.84 bits per heavy atom. The van der Waals surface area contributed by atoms with Gasteiger partial charge in [0.15, 0.2) is 5.96 Å². The Morgan fingerprint density at radius 1 is 1.36 bits per heavy atom. The van der Waals surface area contributed by atoms with Crippen molar-refractivity contribution in [2.24, 2.45) is 4.99 Å². The van der Waals surface area contributed by atoms with Gasteiger partial charge in [0.25, 0.3) is 0 Å². The molecule has 1 saturated carbocycles. The maximum Gasteiger partial charge on any atom is 0.191 e. The summed E-state index contributed by atoms with van der Waals surface area (Å²) in [4.78, 5) is 8.30. The predicted molar refractivity (Wildman–Crippen MR) is 109 cm³/mol. The lowest BCUT2D eigenvalue weighted by atomic mass is 9.96. The summed E-state index contributed by atoms with van der Waals surface area (Å²) in [5, 5.41) is 6.71. The molecular formula is C18H25FIN5. The molecule has 1 aromatic heterocycles. The number of nitrogens with zero attached hydrogens (tertiary/aromatic N) is 3. The quantitative estimate of drug-likeness (QED) is 0.291. The third kappa shape index (κ3) is 5.42. The largest absolute Gasteiger partial charge is 0.356 e. The van der Waals surface area contributed by atoms with Crippen LogP contribution >= 0.6 is 24.0 Å². The maximum absolute atomic E-state index is 13.4. The number of aryl methyl sites for hydroxylation is 1. The van der Waals surface area contributed by atoms with Crippen molar-refractivity contribution in [2.75, 3.05) is 20.1 Å². The first-order valence-electron chi connectivity index (χ1n) is 8.38. The summed E-state index contributed by atoms with van der Waals surface area (Å²) in [5.41, 5.74) is 1.13. The molecule has 1 heterocycles. The number of benzene rings is 1. The number of hydrogen-bond donors (Lipinski definition) is 2. The molecule has 136 valence electrons. The van der Waals surface area contributed by atoms with Gasteiger partial charge < -0.3 is 15.2 Å². The van der Waals surface area contributed by atoms with Crippen molar-refractivity contribution < 1.29 is 4.39 Å². The van der Waals surface area contributed by atoms with Crippen molar-refractivity contribution >= 4 is 29.9 Å². The summed E-state index contributed by atoms with van der Waals surface area (Å²) >= 11 is 0. The van der Waals surface area contributed by atoms with Crippen LogP contribution in [0.25, 0.3) is 0 Å². The van der Waals surface area contributed by atoms with E-state index >= 15 is 0 Å². The molecule has 2 aromatic rings. The maximum atomic E-state index is 13.4. The molecule has 2 N–H and O–H groups in total. The van der Waals surface area contributed by atoms with Crippen LogP contribution in [-0.4, -0.2) is 35.6 Å². The Labute approximate surface area is 165 Å². The van der Waals surface area contributed by atoms with Crippen LogP contribution in [0.15, 0.2) is 48.0 Å². The summed E-state index contributed by atoms with van der Waals surface area (Å²) in [5.74, 6) is 0.629. The van der Waals surface area contributed by atoms with Crippen molar-refractivity contribution in [2.45, 2.75) is 31.2 Å². The summed E-state index contributed by atoms with van der Waals surface area (Å²) in [6.07, 6.45) is 8.73. The van der Waals surface area contributed by atoms with Gasteiger partial charge in [-0.15, -0.1) is 24.0 Å². The van der Waals surface area contributed by atoms with Gasteiger partial charge in [0, 0.05) is 44.5 Å². The second kappa shape index (κ2) is 9.17. The molecule has 25 heavy (non-hydrogen) atoms. The van der Waals surface area contributed by atoms with Crippen LogP contribution in [0.5, 0.6) is 0 Å². The molecular weight excluding hydrogens is 432 g/mol. The van der Waals surface area contributed by atoms with E-state index in [4.69, 9.17) is 0 Å². The topological polar surface area (TPSA) is 54.2 Å². The number of rotatable bonds is 7. The fourth-order valence-electron chi connectivity index (χ4n) is 2.90. The van der Waals surface area contributed by atoms with Gasteiger partial charge in [-0.1, -0.05) is 12.1 Å². The zero-order valence-electron chi connectivity index (χ0n) is 14.4. The average molecular weight is 457 g/mol. The number of aromatic nitrogens is 2. The molecule has 0 saturated heterocycles. The molecule has 7 heteroatoms. The molecule has 0 unspecified atom stereocenters. The Hall–Kier alpha value is -1.64. The van der Waals surface area contributed by atoms with E-state index in [1.54, 1.807) is 25.4 Å².